The van der Waals surface area contributed by atoms with E-state index in [1.165, 1.54) is 27.1 Å². The van der Waals surface area contributed by atoms with Crippen molar-refractivity contribution in [1.29, 1.82) is 0 Å². The first kappa shape index (κ1) is 13.6. The van der Waals surface area contributed by atoms with Crippen molar-refractivity contribution in [1.82, 2.24) is 0 Å². The second-order valence-corrected chi connectivity index (χ2v) is 5.95. The maximum absolute atomic E-state index is 6.61. The molecule has 96 valence electrons. The monoisotopic (exact) mass is 278 g/mol. The summed E-state index contributed by atoms with van der Waals surface area (Å²) >= 11 is 8.36. The normalized spacial score (nSPS) is 12.7. The predicted octanol–water partition coefficient (Wildman–Crippen LogP) is 5.51. The summed E-state index contributed by atoms with van der Waals surface area (Å²) in [6.07, 6.45) is 2.17. The molecule has 0 aliphatic carbocycles. The van der Waals surface area contributed by atoms with Crippen molar-refractivity contribution in [3.8, 4) is 0 Å². The highest BCUT2D eigenvalue weighted by molar-refractivity contribution is 7.10. The lowest BCUT2D eigenvalue weighted by atomic mass is 9.98. The van der Waals surface area contributed by atoms with Crippen LogP contribution in [0.1, 0.15) is 46.4 Å². The molecule has 0 aliphatic heterocycles. The average molecular weight is 279 g/mol. The van der Waals surface area contributed by atoms with E-state index in [0.717, 1.165) is 12.8 Å². The first-order valence-electron chi connectivity index (χ1n) is 6.47. The highest BCUT2D eigenvalue weighted by atomic mass is 35.5. The van der Waals surface area contributed by atoms with Gasteiger partial charge in [0.2, 0.25) is 0 Å². The Kier molecular flexibility index (Phi) is 4.47. The fraction of sp³-hybridized carbons (Fsp3) is 0.375. The van der Waals surface area contributed by atoms with Gasteiger partial charge in [0.05, 0.1) is 5.38 Å². The lowest BCUT2D eigenvalue weighted by molar-refractivity contribution is 1.02. The molecule has 0 saturated carbocycles. The molecule has 1 atom stereocenters. The van der Waals surface area contributed by atoms with E-state index in [2.05, 4.69) is 50.4 Å². The highest BCUT2D eigenvalue weighted by Gasteiger charge is 2.15. The number of alkyl halides is 1. The summed E-state index contributed by atoms with van der Waals surface area (Å²) in [7, 11) is 0. The quantitative estimate of drug-likeness (QED) is 0.647. The van der Waals surface area contributed by atoms with Crippen LogP contribution in [0.25, 0.3) is 0 Å². The second kappa shape index (κ2) is 5.90. The van der Waals surface area contributed by atoms with Crippen molar-refractivity contribution >= 4 is 22.9 Å². The maximum Gasteiger partial charge on any atom is 0.0930 e. The van der Waals surface area contributed by atoms with Crippen molar-refractivity contribution in [3.05, 3.63) is 56.8 Å². The van der Waals surface area contributed by atoms with Gasteiger partial charge >= 0.3 is 0 Å². The van der Waals surface area contributed by atoms with E-state index in [1.807, 2.05) is 0 Å². The molecule has 2 aromatic rings. The molecule has 1 unspecified atom stereocenters. The number of hydrogen-bond donors (Lipinski definition) is 0. The Morgan fingerprint density at radius 2 is 1.83 bits per heavy atom. The van der Waals surface area contributed by atoms with Gasteiger partial charge in [0.15, 0.2) is 0 Å². The molecule has 0 aliphatic rings. The smallest absolute Gasteiger partial charge is 0.0930 e. The van der Waals surface area contributed by atoms with Crippen LogP contribution < -0.4 is 0 Å². The van der Waals surface area contributed by atoms with Crippen molar-refractivity contribution in [3.63, 3.8) is 0 Å². The largest absolute Gasteiger partial charge is 0.147 e. The zero-order chi connectivity index (χ0) is 13.1. The van der Waals surface area contributed by atoms with Gasteiger partial charge in [-0.1, -0.05) is 32.0 Å². The number of hydrogen-bond acceptors (Lipinski definition) is 1. The summed E-state index contributed by atoms with van der Waals surface area (Å²) in [6.45, 7) is 6.54. The van der Waals surface area contributed by atoms with E-state index in [9.17, 15) is 0 Å². The van der Waals surface area contributed by atoms with Crippen LogP contribution in [0.2, 0.25) is 0 Å². The van der Waals surface area contributed by atoms with Crippen LogP contribution in [0.5, 0.6) is 0 Å². The molecule has 18 heavy (non-hydrogen) atoms. The lowest BCUT2D eigenvalue weighted by Gasteiger charge is -2.13. The van der Waals surface area contributed by atoms with Crippen LogP contribution in [0, 0.1) is 6.92 Å². The Hall–Kier alpha value is -0.790. The summed E-state index contributed by atoms with van der Waals surface area (Å²) in [4.78, 5) is 1.27. The molecule has 2 heteroatoms. The SMILES string of the molecule is CCc1ccc(C(Cl)c2sccc2C)cc1CC. The van der Waals surface area contributed by atoms with E-state index < -0.39 is 0 Å². The minimum Gasteiger partial charge on any atom is -0.147 e. The maximum atomic E-state index is 6.61. The van der Waals surface area contributed by atoms with Gasteiger partial charge in [-0.05, 0) is 53.5 Å². The third-order valence-corrected chi connectivity index (χ3v) is 5.10. The van der Waals surface area contributed by atoms with Crippen LogP contribution in [-0.4, -0.2) is 0 Å². The highest BCUT2D eigenvalue weighted by Crippen LogP contribution is 2.35. The molecule has 1 aromatic heterocycles. The Labute approximate surface area is 119 Å². The van der Waals surface area contributed by atoms with Gasteiger partial charge in [0.25, 0.3) is 0 Å². The van der Waals surface area contributed by atoms with Crippen molar-refractivity contribution in [2.24, 2.45) is 0 Å². The Bertz CT molecular complexity index is 528. The molecule has 0 amide bonds. The Morgan fingerprint density at radius 3 is 2.39 bits per heavy atom. The van der Waals surface area contributed by atoms with Crippen molar-refractivity contribution in [2.75, 3.05) is 0 Å². The fourth-order valence-corrected chi connectivity index (χ4v) is 3.66. The number of benzene rings is 1. The van der Waals surface area contributed by atoms with Crippen molar-refractivity contribution < 1.29 is 0 Å². The van der Waals surface area contributed by atoms with Gasteiger partial charge in [0, 0.05) is 4.88 Å². The molecular formula is C16H19ClS. The standard InChI is InChI=1S/C16H19ClS/c1-4-12-6-7-14(10-13(12)5-2)15(17)16-11(3)8-9-18-16/h6-10,15H,4-5H2,1-3H3. The molecule has 0 nitrogen and oxygen atoms in total. The zero-order valence-corrected chi connectivity index (χ0v) is 12.7. The third-order valence-electron chi connectivity index (χ3n) is 3.42. The number of aryl methyl sites for hydroxylation is 3. The van der Waals surface area contributed by atoms with E-state index in [-0.39, 0.29) is 5.38 Å². The first-order valence-corrected chi connectivity index (χ1v) is 7.78. The van der Waals surface area contributed by atoms with Crippen LogP contribution >= 0.6 is 22.9 Å². The van der Waals surface area contributed by atoms with E-state index >= 15 is 0 Å². The summed E-state index contributed by atoms with van der Waals surface area (Å²) in [5, 5.41) is 2.10. The summed E-state index contributed by atoms with van der Waals surface area (Å²) in [5.41, 5.74) is 5.37. The molecule has 1 heterocycles. The van der Waals surface area contributed by atoms with Crippen molar-refractivity contribution in [2.45, 2.75) is 39.0 Å². The summed E-state index contributed by atoms with van der Waals surface area (Å²) in [6, 6.07) is 8.81. The van der Waals surface area contributed by atoms with Crippen LogP contribution in [0.3, 0.4) is 0 Å². The summed E-state index contributed by atoms with van der Waals surface area (Å²) in [5.74, 6) is 0. The van der Waals surface area contributed by atoms with E-state index in [1.54, 1.807) is 11.3 Å². The number of rotatable bonds is 4. The Balaban J connectivity index is 2.37. The van der Waals surface area contributed by atoms with Crippen LogP contribution in [-0.2, 0) is 12.8 Å². The minimum absolute atomic E-state index is 0.0128. The third kappa shape index (κ3) is 2.62. The molecule has 0 spiro atoms. The van der Waals surface area contributed by atoms with Gasteiger partial charge in [-0.3, -0.25) is 0 Å². The van der Waals surface area contributed by atoms with E-state index in [4.69, 9.17) is 11.6 Å². The molecule has 1 aromatic carbocycles. The van der Waals surface area contributed by atoms with Crippen LogP contribution in [0.4, 0.5) is 0 Å². The molecule has 0 radical (unpaired) electrons. The minimum atomic E-state index is -0.0128. The number of thiophene rings is 1. The van der Waals surface area contributed by atoms with Gasteiger partial charge in [-0.15, -0.1) is 22.9 Å². The molecule has 0 fully saturated rings. The molecule has 0 saturated heterocycles. The first-order chi connectivity index (χ1) is 8.67. The average Bonchev–Trinajstić information content (AvgIpc) is 2.83. The molecular weight excluding hydrogens is 260 g/mol. The van der Waals surface area contributed by atoms with Gasteiger partial charge in [-0.25, -0.2) is 0 Å². The number of halogens is 1. The lowest BCUT2D eigenvalue weighted by Crippen LogP contribution is -1.97. The van der Waals surface area contributed by atoms with Crippen LogP contribution in [0.15, 0.2) is 29.6 Å². The van der Waals surface area contributed by atoms with Gasteiger partial charge in [-0.2, -0.15) is 0 Å². The second-order valence-electron chi connectivity index (χ2n) is 4.57. The van der Waals surface area contributed by atoms with E-state index in [0.29, 0.717) is 0 Å². The topological polar surface area (TPSA) is 0 Å². The van der Waals surface area contributed by atoms with Gasteiger partial charge < -0.3 is 0 Å². The zero-order valence-electron chi connectivity index (χ0n) is 11.2. The molecule has 2 rings (SSSR count). The summed E-state index contributed by atoms with van der Waals surface area (Å²) < 4.78 is 0. The molecule has 0 N–H and O–H groups in total. The fourth-order valence-electron chi connectivity index (χ4n) is 2.27. The Morgan fingerprint density at radius 1 is 1.11 bits per heavy atom. The predicted molar refractivity (Wildman–Crippen MR) is 82.0 cm³/mol. The van der Waals surface area contributed by atoms with Gasteiger partial charge in [0.1, 0.15) is 0 Å². The molecule has 0 bridgehead atoms.